The Labute approximate surface area is 402 Å². The first kappa shape index (κ1) is 41.1. The smallest absolute Gasteiger partial charge is 0.160 e. The minimum absolute atomic E-state index is 0.344. The largest absolute Gasteiger partial charge is 0.309 e. The monoisotopic (exact) mass is 890 g/mol. The Balaban J connectivity index is 0.875. The third-order valence-corrected chi connectivity index (χ3v) is 13.1. The van der Waals surface area contributed by atoms with Crippen LogP contribution in [0.4, 0.5) is 0 Å². The number of nitrogens with zero attached hydrogens (tertiary/aromatic N) is 8. The predicted molar refractivity (Wildman–Crippen MR) is 277 cm³/mol. The predicted octanol–water partition coefficient (Wildman–Crippen LogP) is 14.5. The van der Waals surface area contributed by atoms with Crippen LogP contribution in [-0.4, -0.2) is 19.1 Å². The van der Waals surface area contributed by atoms with Gasteiger partial charge in [0.1, 0.15) is 0 Å². The molecule has 0 saturated carbocycles. The normalized spacial score (nSPS) is 11.1. The van der Waals surface area contributed by atoms with Crippen LogP contribution >= 0.6 is 0 Å². The van der Waals surface area contributed by atoms with Gasteiger partial charge < -0.3 is 9.13 Å². The summed E-state index contributed by atoms with van der Waals surface area (Å²) in [5.41, 5.74) is 14.9. The van der Waals surface area contributed by atoms with E-state index in [9.17, 15) is 21.0 Å². The van der Waals surface area contributed by atoms with E-state index in [4.69, 9.17) is 9.97 Å². The molecule has 0 fully saturated rings. The van der Waals surface area contributed by atoms with Gasteiger partial charge in [0.15, 0.2) is 5.82 Å². The van der Waals surface area contributed by atoms with Crippen molar-refractivity contribution in [3.63, 3.8) is 0 Å². The van der Waals surface area contributed by atoms with Crippen LogP contribution in [0.1, 0.15) is 22.3 Å². The van der Waals surface area contributed by atoms with Crippen LogP contribution in [0, 0.1) is 45.3 Å². The molecule has 3 aromatic heterocycles. The van der Waals surface area contributed by atoms with Crippen LogP contribution in [0.25, 0.3) is 111 Å². The van der Waals surface area contributed by atoms with Crippen LogP contribution in [0.15, 0.2) is 206 Å². The Morgan fingerprint density at radius 3 is 1.31 bits per heavy atom. The number of aromatic nitrogens is 4. The molecule has 0 radical (unpaired) electrons. The van der Waals surface area contributed by atoms with Crippen molar-refractivity contribution >= 4 is 43.6 Å². The lowest BCUT2D eigenvalue weighted by Crippen LogP contribution is -1.99. The molecule has 0 atom stereocenters. The lowest BCUT2D eigenvalue weighted by Gasteiger charge is -2.13. The van der Waals surface area contributed by atoms with E-state index in [1.807, 2.05) is 36.4 Å². The van der Waals surface area contributed by atoms with Gasteiger partial charge in [-0.15, -0.1) is 0 Å². The van der Waals surface area contributed by atoms with Crippen LogP contribution < -0.4 is 0 Å². The van der Waals surface area contributed by atoms with Gasteiger partial charge >= 0.3 is 0 Å². The van der Waals surface area contributed by atoms with E-state index in [2.05, 4.69) is 149 Å². The van der Waals surface area contributed by atoms with Gasteiger partial charge in [0.05, 0.1) is 80.0 Å². The fraction of sp³-hybridized carbons (Fsp3) is 0. The molecule has 0 aliphatic heterocycles. The summed E-state index contributed by atoms with van der Waals surface area (Å²) in [6.07, 6.45) is 0. The Morgan fingerprint density at radius 1 is 0.314 bits per heavy atom. The van der Waals surface area contributed by atoms with Gasteiger partial charge in [0.2, 0.25) is 0 Å². The van der Waals surface area contributed by atoms with Crippen molar-refractivity contribution in [3.8, 4) is 91.8 Å². The van der Waals surface area contributed by atoms with E-state index in [0.717, 1.165) is 44.7 Å². The summed E-state index contributed by atoms with van der Waals surface area (Å²) in [6, 6.07) is 77.5. The number of rotatable bonds is 7. The van der Waals surface area contributed by atoms with Crippen molar-refractivity contribution in [2.45, 2.75) is 0 Å². The molecule has 0 spiro atoms. The van der Waals surface area contributed by atoms with Crippen LogP contribution in [0.2, 0.25) is 0 Å². The lowest BCUT2D eigenvalue weighted by atomic mass is 9.92. The molecule has 0 N–H and O–H groups in total. The maximum absolute atomic E-state index is 10.6. The maximum Gasteiger partial charge on any atom is 0.160 e. The van der Waals surface area contributed by atoms with Gasteiger partial charge in [0.25, 0.3) is 0 Å². The van der Waals surface area contributed by atoms with Crippen LogP contribution in [0.5, 0.6) is 0 Å². The first-order valence-corrected chi connectivity index (χ1v) is 22.6. The third kappa shape index (κ3) is 6.90. The maximum atomic E-state index is 10.6. The minimum Gasteiger partial charge on any atom is -0.309 e. The Hall–Kier alpha value is -10.4. The van der Waals surface area contributed by atoms with Crippen LogP contribution in [-0.2, 0) is 0 Å². The van der Waals surface area contributed by atoms with Crippen molar-refractivity contribution in [2.75, 3.05) is 0 Å². The van der Waals surface area contributed by atoms with Gasteiger partial charge in [0, 0.05) is 55.2 Å². The van der Waals surface area contributed by atoms with E-state index < -0.39 is 0 Å². The molecule has 8 nitrogen and oxygen atoms in total. The van der Waals surface area contributed by atoms with Crippen molar-refractivity contribution in [2.24, 2.45) is 0 Å². The van der Waals surface area contributed by atoms with Crippen molar-refractivity contribution < 1.29 is 0 Å². The molecule has 8 heteroatoms. The molecule has 12 rings (SSSR count). The summed E-state index contributed by atoms with van der Waals surface area (Å²) in [5, 5.41) is 44.8. The molecule has 0 unspecified atom stereocenters. The zero-order valence-electron chi connectivity index (χ0n) is 37.2. The molecule has 12 aromatic rings. The molecule has 322 valence electrons. The molecule has 0 aliphatic rings. The molecule has 0 aliphatic carbocycles. The van der Waals surface area contributed by atoms with Gasteiger partial charge in [-0.05, 0) is 120 Å². The molecular formula is C62H34N8. The summed E-state index contributed by atoms with van der Waals surface area (Å²) in [4.78, 5) is 9.74. The van der Waals surface area contributed by atoms with Crippen molar-refractivity contribution in [1.29, 1.82) is 21.0 Å². The number of nitriles is 4. The highest BCUT2D eigenvalue weighted by atomic mass is 15.0. The molecule has 0 bridgehead atoms. The van der Waals surface area contributed by atoms with Crippen molar-refractivity contribution in [3.05, 3.63) is 229 Å². The summed E-state index contributed by atoms with van der Waals surface area (Å²) in [5.74, 6) is 0.386. The molecular weight excluding hydrogens is 857 g/mol. The summed E-state index contributed by atoms with van der Waals surface area (Å²) >= 11 is 0. The number of fused-ring (bicyclic) bond motifs is 6. The number of benzene rings is 9. The molecule has 3 heterocycles. The second-order valence-corrected chi connectivity index (χ2v) is 17.1. The van der Waals surface area contributed by atoms with E-state index in [1.165, 1.54) is 32.6 Å². The van der Waals surface area contributed by atoms with Gasteiger partial charge in [-0.1, -0.05) is 103 Å². The summed E-state index contributed by atoms with van der Waals surface area (Å²) < 4.78 is 4.69. The number of hydrogen-bond acceptors (Lipinski definition) is 6. The fourth-order valence-corrected chi connectivity index (χ4v) is 9.73. The zero-order chi connectivity index (χ0) is 47.3. The molecule has 9 aromatic carbocycles. The zero-order valence-corrected chi connectivity index (χ0v) is 37.2. The minimum atomic E-state index is 0.344. The SMILES string of the molecule is N#Cc1ccc(-c2cc(-c3cc(C#N)c(-c4ccc(-c5ccc(-n6c7ccccc7c7cc(-n8c9ccccc9c9ccccc98)ccc76)cc5)cc4)cc3C#N)nc(-c3ccc(C#N)cc3)n2)cc1. The van der Waals surface area contributed by atoms with Gasteiger partial charge in [-0.25, -0.2) is 9.97 Å². The topological polar surface area (TPSA) is 131 Å². The van der Waals surface area contributed by atoms with E-state index in [1.54, 1.807) is 54.6 Å². The average molecular weight is 891 g/mol. The molecule has 0 amide bonds. The first-order chi connectivity index (χ1) is 34.5. The van der Waals surface area contributed by atoms with E-state index in [-0.39, 0.29) is 0 Å². The second-order valence-electron chi connectivity index (χ2n) is 17.1. The lowest BCUT2D eigenvalue weighted by molar-refractivity contribution is 1.17. The Bertz CT molecular complexity index is 4120. The quantitative estimate of drug-likeness (QED) is 0.157. The fourth-order valence-electron chi connectivity index (χ4n) is 9.73. The highest BCUT2D eigenvalue weighted by Crippen LogP contribution is 2.39. The van der Waals surface area contributed by atoms with E-state index >= 15 is 0 Å². The van der Waals surface area contributed by atoms with Crippen molar-refractivity contribution in [1.82, 2.24) is 19.1 Å². The molecule has 0 saturated heterocycles. The summed E-state index contributed by atoms with van der Waals surface area (Å²) in [6.45, 7) is 0. The Kier molecular flexibility index (Phi) is 9.86. The standard InChI is InChI=1S/C62H34N8/c63-35-39-13-17-44(18-14-39)56-34-57(68-62(67-56)45-19-15-40(36-64)16-20-45)54-32-46(37-65)53(31-47(54)38-66)43-23-21-41(22-24-43)42-25-27-48(28-26-42)69-60-12-6-3-9-52(60)55-33-49(29-30-61(55)69)70-58-10-4-1-7-50(58)51-8-2-5-11-59(51)70/h1-34H. The first-order valence-electron chi connectivity index (χ1n) is 22.6. The highest BCUT2D eigenvalue weighted by Gasteiger charge is 2.19. The number of hydrogen-bond donors (Lipinski definition) is 0. The molecule has 70 heavy (non-hydrogen) atoms. The summed E-state index contributed by atoms with van der Waals surface area (Å²) in [7, 11) is 0. The average Bonchev–Trinajstić information content (AvgIpc) is 3.95. The highest BCUT2D eigenvalue weighted by molar-refractivity contribution is 6.12. The van der Waals surface area contributed by atoms with Gasteiger partial charge in [-0.2, -0.15) is 21.0 Å². The number of para-hydroxylation sites is 3. The van der Waals surface area contributed by atoms with Crippen LogP contribution in [0.3, 0.4) is 0 Å². The Morgan fingerprint density at radius 2 is 0.743 bits per heavy atom. The van der Waals surface area contributed by atoms with E-state index in [0.29, 0.717) is 56.2 Å². The second kappa shape index (κ2) is 16.8. The third-order valence-electron chi connectivity index (χ3n) is 13.1. The van der Waals surface area contributed by atoms with Gasteiger partial charge in [-0.3, -0.25) is 0 Å².